The lowest BCUT2D eigenvalue weighted by Crippen LogP contribution is -2.11. The Bertz CT molecular complexity index is 201. The van der Waals surface area contributed by atoms with Crippen molar-refractivity contribution in [3.8, 4) is 0 Å². The highest BCUT2D eigenvalue weighted by molar-refractivity contribution is 5.11. The van der Waals surface area contributed by atoms with Gasteiger partial charge in [-0.05, 0) is 50.0 Å². The Hall–Kier alpha value is -0.460. The van der Waals surface area contributed by atoms with Crippen LogP contribution < -0.4 is 0 Å². The van der Waals surface area contributed by atoms with E-state index in [0.717, 1.165) is 11.8 Å². The van der Waals surface area contributed by atoms with Crippen LogP contribution in [0.5, 0.6) is 0 Å². The molecule has 1 nitrogen and oxygen atoms in total. The van der Waals surface area contributed by atoms with E-state index in [2.05, 4.69) is 6.92 Å². The SMILES string of the molecule is COC1=C(C)CC(C2CC2)CC1. The molecule has 68 valence electrons. The summed E-state index contributed by atoms with van der Waals surface area (Å²) in [5.74, 6) is 3.31. The predicted octanol–water partition coefficient (Wildman–Crippen LogP) is 3.12. The molecule has 0 aromatic rings. The molecule has 1 unspecified atom stereocenters. The first-order valence-corrected chi connectivity index (χ1v) is 5.04. The molecule has 0 radical (unpaired) electrons. The minimum absolute atomic E-state index is 0.990. The molecule has 1 heteroatoms. The highest BCUT2D eigenvalue weighted by Gasteiger charge is 2.33. The van der Waals surface area contributed by atoms with Crippen LogP contribution in [0.4, 0.5) is 0 Å². The van der Waals surface area contributed by atoms with Crippen molar-refractivity contribution in [3.05, 3.63) is 11.3 Å². The molecule has 1 saturated carbocycles. The van der Waals surface area contributed by atoms with E-state index in [4.69, 9.17) is 4.74 Å². The topological polar surface area (TPSA) is 9.23 Å². The molecule has 0 bridgehead atoms. The van der Waals surface area contributed by atoms with E-state index in [-0.39, 0.29) is 0 Å². The summed E-state index contributed by atoms with van der Waals surface area (Å²) in [6.07, 6.45) is 6.82. The molecular formula is C11H18O. The summed E-state index contributed by atoms with van der Waals surface area (Å²) >= 11 is 0. The minimum Gasteiger partial charge on any atom is -0.501 e. The molecule has 0 amide bonds. The lowest BCUT2D eigenvalue weighted by Gasteiger charge is -2.24. The summed E-state index contributed by atoms with van der Waals surface area (Å²) in [5, 5.41) is 0. The second-order valence-corrected chi connectivity index (χ2v) is 4.25. The third-order valence-corrected chi connectivity index (χ3v) is 3.32. The van der Waals surface area contributed by atoms with E-state index in [1.165, 1.54) is 43.4 Å². The van der Waals surface area contributed by atoms with Crippen LogP contribution >= 0.6 is 0 Å². The van der Waals surface area contributed by atoms with Crippen molar-refractivity contribution >= 4 is 0 Å². The molecular weight excluding hydrogens is 148 g/mol. The Morgan fingerprint density at radius 1 is 1.17 bits per heavy atom. The number of ether oxygens (including phenoxy) is 1. The number of hydrogen-bond donors (Lipinski definition) is 0. The summed E-state index contributed by atoms with van der Waals surface area (Å²) < 4.78 is 5.33. The largest absolute Gasteiger partial charge is 0.501 e. The molecule has 0 aromatic heterocycles. The number of rotatable bonds is 2. The third kappa shape index (κ3) is 1.50. The van der Waals surface area contributed by atoms with Gasteiger partial charge in [-0.3, -0.25) is 0 Å². The van der Waals surface area contributed by atoms with Gasteiger partial charge in [-0.1, -0.05) is 0 Å². The van der Waals surface area contributed by atoms with Gasteiger partial charge in [0.2, 0.25) is 0 Å². The van der Waals surface area contributed by atoms with E-state index in [1.807, 2.05) is 0 Å². The average molecular weight is 166 g/mol. The highest BCUT2D eigenvalue weighted by Crippen LogP contribution is 2.45. The quantitative estimate of drug-likeness (QED) is 0.612. The Labute approximate surface area is 74.8 Å². The second kappa shape index (κ2) is 3.12. The summed E-state index contributed by atoms with van der Waals surface area (Å²) in [6.45, 7) is 2.23. The van der Waals surface area contributed by atoms with Gasteiger partial charge in [-0.15, -0.1) is 0 Å². The van der Waals surface area contributed by atoms with Crippen molar-refractivity contribution in [1.82, 2.24) is 0 Å². The molecule has 2 aliphatic carbocycles. The van der Waals surface area contributed by atoms with Gasteiger partial charge < -0.3 is 4.74 Å². The van der Waals surface area contributed by atoms with Gasteiger partial charge >= 0.3 is 0 Å². The third-order valence-electron chi connectivity index (χ3n) is 3.32. The predicted molar refractivity (Wildman–Crippen MR) is 49.8 cm³/mol. The second-order valence-electron chi connectivity index (χ2n) is 4.25. The molecule has 0 aliphatic heterocycles. The van der Waals surface area contributed by atoms with Crippen LogP contribution in [0.1, 0.15) is 39.0 Å². The Balaban J connectivity index is 1.98. The van der Waals surface area contributed by atoms with Crippen molar-refractivity contribution in [2.75, 3.05) is 7.11 Å². The molecule has 0 spiro atoms. The fraction of sp³-hybridized carbons (Fsp3) is 0.818. The highest BCUT2D eigenvalue weighted by atomic mass is 16.5. The molecule has 0 aromatic carbocycles. The Morgan fingerprint density at radius 2 is 1.92 bits per heavy atom. The first-order chi connectivity index (χ1) is 5.81. The minimum atomic E-state index is 0.990. The summed E-state index contributed by atoms with van der Waals surface area (Å²) in [5.41, 5.74) is 1.50. The van der Waals surface area contributed by atoms with Crippen LogP contribution in [0.15, 0.2) is 11.3 Å². The Kier molecular flexibility index (Phi) is 2.12. The zero-order chi connectivity index (χ0) is 8.55. The fourth-order valence-corrected chi connectivity index (χ4v) is 2.39. The maximum Gasteiger partial charge on any atom is 0.0944 e. The van der Waals surface area contributed by atoms with Crippen LogP contribution in [0.3, 0.4) is 0 Å². The van der Waals surface area contributed by atoms with Crippen molar-refractivity contribution < 1.29 is 4.74 Å². The van der Waals surface area contributed by atoms with E-state index in [1.54, 1.807) is 7.11 Å². The average Bonchev–Trinajstić information content (AvgIpc) is 2.86. The van der Waals surface area contributed by atoms with Gasteiger partial charge in [0.15, 0.2) is 0 Å². The standard InChI is InChI=1S/C11H18O/c1-8-7-10(9-3-4-9)5-6-11(8)12-2/h9-10H,3-7H2,1-2H3. The van der Waals surface area contributed by atoms with Crippen LogP contribution in [-0.2, 0) is 4.74 Å². The first kappa shape index (κ1) is 8.15. The lowest BCUT2D eigenvalue weighted by molar-refractivity contribution is 0.240. The summed E-state index contributed by atoms with van der Waals surface area (Å²) in [7, 11) is 1.80. The normalized spacial score (nSPS) is 30.7. The van der Waals surface area contributed by atoms with Crippen LogP contribution in [0, 0.1) is 11.8 Å². The van der Waals surface area contributed by atoms with E-state index >= 15 is 0 Å². The van der Waals surface area contributed by atoms with Gasteiger partial charge in [-0.2, -0.15) is 0 Å². The summed E-state index contributed by atoms with van der Waals surface area (Å²) in [6, 6.07) is 0. The molecule has 12 heavy (non-hydrogen) atoms. The molecule has 2 aliphatic rings. The van der Waals surface area contributed by atoms with Gasteiger partial charge in [0.1, 0.15) is 0 Å². The monoisotopic (exact) mass is 166 g/mol. The molecule has 1 atom stereocenters. The van der Waals surface area contributed by atoms with Crippen LogP contribution in [0.2, 0.25) is 0 Å². The van der Waals surface area contributed by atoms with Crippen LogP contribution in [-0.4, -0.2) is 7.11 Å². The maximum absolute atomic E-state index is 5.33. The molecule has 0 N–H and O–H groups in total. The van der Waals surface area contributed by atoms with Crippen LogP contribution in [0.25, 0.3) is 0 Å². The van der Waals surface area contributed by atoms with Crippen molar-refractivity contribution in [3.63, 3.8) is 0 Å². The van der Waals surface area contributed by atoms with Crippen molar-refractivity contribution in [2.45, 2.75) is 39.0 Å². The molecule has 1 fully saturated rings. The number of hydrogen-bond acceptors (Lipinski definition) is 1. The van der Waals surface area contributed by atoms with Gasteiger partial charge in [0.05, 0.1) is 12.9 Å². The summed E-state index contributed by atoms with van der Waals surface area (Å²) in [4.78, 5) is 0. The molecule has 0 saturated heterocycles. The zero-order valence-corrected chi connectivity index (χ0v) is 8.10. The number of methoxy groups -OCH3 is 1. The first-order valence-electron chi connectivity index (χ1n) is 5.04. The van der Waals surface area contributed by atoms with Gasteiger partial charge in [-0.25, -0.2) is 0 Å². The lowest BCUT2D eigenvalue weighted by atomic mass is 9.85. The van der Waals surface area contributed by atoms with E-state index < -0.39 is 0 Å². The zero-order valence-electron chi connectivity index (χ0n) is 8.10. The van der Waals surface area contributed by atoms with Gasteiger partial charge in [0.25, 0.3) is 0 Å². The Morgan fingerprint density at radius 3 is 2.42 bits per heavy atom. The van der Waals surface area contributed by atoms with E-state index in [0.29, 0.717) is 0 Å². The smallest absolute Gasteiger partial charge is 0.0944 e. The fourth-order valence-electron chi connectivity index (χ4n) is 2.39. The molecule has 0 heterocycles. The molecule has 2 rings (SSSR count). The van der Waals surface area contributed by atoms with Gasteiger partial charge in [0, 0.05) is 6.42 Å². The van der Waals surface area contributed by atoms with Crippen molar-refractivity contribution in [2.24, 2.45) is 11.8 Å². The van der Waals surface area contributed by atoms with Crippen molar-refractivity contribution in [1.29, 1.82) is 0 Å². The number of allylic oxidation sites excluding steroid dienone is 2. The maximum atomic E-state index is 5.33. The van der Waals surface area contributed by atoms with E-state index in [9.17, 15) is 0 Å².